The van der Waals surface area contributed by atoms with E-state index in [0.717, 1.165) is 18.5 Å². The number of nitrogens with one attached hydrogen (secondary N) is 1. The highest BCUT2D eigenvalue weighted by Crippen LogP contribution is 2.26. The molecule has 2 rings (SSSR count). The van der Waals surface area contributed by atoms with Crippen molar-refractivity contribution >= 4 is 5.91 Å². The summed E-state index contributed by atoms with van der Waals surface area (Å²) in [5, 5.41) is 12.1. The number of rotatable bonds is 5. The van der Waals surface area contributed by atoms with Gasteiger partial charge < -0.3 is 5.32 Å². The molecule has 106 valence electrons. The first-order chi connectivity index (χ1) is 9.79. The van der Waals surface area contributed by atoms with Crippen LogP contribution in [0.5, 0.6) is 0 Å². The molecule has 4 nitrogen and oxygen atoms in total. The summed E-state index contributed by atoms with van der Waals surface area (Å²) in [5.74, 6) is 0.278. The Morgan fingerprint density at radius 1 is 1.40 bits per heavy atom. The van der Waals surface area contributed by atoms with E-state index in [1.54, 1.807) is 6.20 Å². The first-order valence-electron chi connectivity index (χ1n) is 7.38. The Hall–Kier alpha value is -1.89. The molecule has 1 aliphatic rings. The zero-order valence-corrected chi connectivity index (χ0v) is 11.7. The molecule has 1 amide bonds. The smallest absolute Gasteiger partial charge is 0.221 e. The van der Waals surface area contributed by atoms with Crippen molar-refractivity contribution in [1.29, 1.82) is 5.26 Å². The second kappa shape index (κ2) is 7.64. The van der Waals surface area contributed by atoms with Crippen LogP contribution in [0.2, 0.25) is 0 Å². The van der Waals surface area contributed by atoms with Gasteiger partial charge in [0.1, 0.15) is 6.04 Å². The van der Waals surface area contributed by atoms with Crippen molar-refractivity contribution in [3.63, 3.8) is 0 Å². The average molecular weight is 271 g/mol. The topological polar surface area (TPSA) is 65.8 Å². The van der Waals surface area contributed by atoms with Crippen molar-refractivity contribution in [3.05, 3.63) is 30.1 Å². The fourth-order valence-corrected chi connectivity index (χ4v) is 2.76. The Bertz CT molecular complexity index is 460. The molecule has 0 bridgehead atoms. The number of carbonyl (C=O) groups is 1. The fourth-order valence-electron chi connectivity index (χ4n) is 2.76. The molecule has 1 aromatic heterocycles. The van der Waals surface area contributed by atoms with E-state index < -0.39 is 0 Å². The number of carbonyl (C=O) groups excluding carboxylic acids is 1. The lowest BCUT2D eigenvalue weighted by atomic mass is 9.84. The van der Waals surface area contributed by atoms with Gasteiger partial charge in [0.25, 0.3) is 0 Å². The van der Waals surface area contributed by atoms with Crippen LogP contribution in [-0.4, -0.2) is 16.9 Å². The zero-order chi connectivity index (χ0) is 14.2. The largest absolute Gasteiger partial charge is 0.340 e. The van der Waals surface area contributed by atoms with Gasteiger partial charge >= 0.3 is 0 Å². The van der Waals surface area contributed by atoms with E-state index in [2.05, 4.69) is 16.4 Å². The molecule has 0 unspecified atom stereocenters. The second-order valence-corrected chi connectivity index (χ2v) is 5.39. The molecule has 1 atom stereocenters. The highest BCUT2D eigenvalue weighted by molar-refractivity contribution is 5.76. The molecule has 4 heteroatoms. The predicted molar refractivity (Wildman–Crippen MR) is 76.7 cm³/mol. The average Bonchev–Trinajstić information content (AvgIpc) is 2.52. The van der Waals surface area contributed by atoms with E-state index in [1.165, 1.54) is 19.3 Å². The highest BCUT2D eigenvalue weighted by Gasteiger charge is 2.24. The minimum Gasteiger partial charge on any atom is -0.340 e. The van der Waals surface area contributed by atoms with Crippen molar-refractivity contribution in [2.75, 3.05) is 0 Å². The van der Waals surface area contributed by atoms with Crippen LogP contribution in [0.1, 0.15) is 44.2 Å². The summed E-state index contributed by atoms with van der Waals surface area (Å²) in [6, 6.07) is 7.62. The van der Waals surface area contributed by atoms with Gasteiger partial charge in [-0.15, -0.1) is 0 Å². The number of nitriles is 1. The molecule has 0 spiro atoms. The molecule has 1 heterocycles. The summed E-state index contributed by atoms with van der Waals surface area (Å²) in [6.45, 7) is 0. The number of pyridine rings is 1. The van der Waals surface area contributed by atoms with Gasteiger partial charge in [-0.1, -0.05) is 25.3 Å². The van der Waals surface area contributed by atoms with Gasteiger partial charge in [-0.2, -0.15) is 5.26 Å². The van der Waals surface area contributed by atoms with Crippen molar-refractivity contribution in [2.24, 2.45) is 5.92 Å². The molecule has 1 fully saturated rings. The fraction of sp³-hybridized carbons (Fsp3) is 0.562. The number of nitrogens with zero attached hydrogens (tertiary/aromatic N) is 2. The lowest BCUT2D eigenvalue weighted by Gasteiger charge is -2.26. The lowest BCUT2D eigenvalue weighted by molar-refractivity contribution is -0.121. The zero-order valence-electron chi connectivity index (χ0n) is 11.7. The monoisotopic (exact) mass is 271 g/mol. The van der Waals surface area contributed by atoms with Crippen LogP contribution in [-0.2, 0) is 11.2 Å². The van der Waals surface area contributed by atoms with E-state index >= 15 is 0 Å². The first-order valence-corrected chi connectivity index (χ1v) is 7.38. The van der Waals surface area contributed by atoms with Gasteiger partial charge in [0.05, 0.1) is 6.07 Å². The van der Waals surface area contributed by atoms with Crippen molar-refractivity contribution in [2.45, 2.75) is 51.0 Å². The van der Waals surface area contributed by atoms with Crippen LogP contribution in [0.4, 0.5) is 0 Å². The van der Waals surface area contributed by atoms with Crippen molar-refractivity contribution in [1.82, 2.24) is 10.3 Å². The maximum absolute atomic E-state index is 11.9. The summed E-state index contributed by atoms with van der Waals surface area (Å²) in [7, 11) is 0. The summed E-state index contributed by atoms with van der Waals surface area (Å²) < 4.78 is 0. The number of aromatic nitrogens is 1. The Balaban J connectivity index is 1.79. The van der Waals surface area contributed by atoms with Gasteiger partial charge in [-0.05, 0) is 37.3 Å². The summed E-state index contributed by atoms with van der Waals surface area (Å²) in [5.41, 5.74) is 0.911. The van der Waals surface area contributed by atoms with Crippen LogP contribution in [0, 0.1) is 17.2 Å². The van der Waals surface area contributed by atoms with Gasteiger partial charge in [-0.3, -0.25) is 9.78 Å². The standard InChI is InChI=1S/C16H21N3O/c17-12-15(13-6-2-1-3-7-13)19-16(20)10-9-14-8-4-5-11-18-14/h4-5,8,11,13,15H,1-3,6-7,9-10H2,(H,19,20)/t15-/m1/s1. The Morgan fingerprint density at radius 3 is 2.85 bits per heavy atom. The second-order valence-electron chi connectivity index (χ2n) is 5.39. The molecule has 1 aliphatic carbocycles. The number of aryl methyl sites for hydroxylation is 1. The lowest BCUT2D eigenvalue weighted by Crippen LogP contribution is -2.40. The van der Waals surface area contributed by atoms with Gasteiger partial charge in [-0.25, -0.2) is 0 Å². The van der Waals surface area contributed by atoms with Gasteiger partial charge in [0.2, 0.25) is 5.91 Å². The predicted octanol–water partition coefficient (Wildman–Crippen LogP) is 2.60. The van der Waals surface area contributed by atoms with Gasteiger partial charge in [0, 0.05) is 18.3 Å². The molecule has 0 aliphatic heterocycles. The third-order valence-corrected chi connectivity index (χ3v) is 3.91. The first kappa shape index (κ1) is 14.5. The van der Waals surface area contributed by atoms with Crippen LogP contribution in [0.25, 0.3) is 0 Å². The molecule has 1 N–H and O–H groups in total. The minimum atomic E-state index is -0.327. The van der Waals surface area contributed by atoms with E-state index in [-0.39, 0.29) is 11.9 Å². The van der Waals surface area contributed by atoms with E-state index in [1.807, 2.05) is 18.2 Å². The van der Waals surface area contributed by atoms with E-state index in [0.29, 0.717) is 18.8 Å². The normalized spacial score (nSPS) is 17.1. The Morgan fingerprint density at radius 2 is 2.20 bits per heavy atom. The minimum absolute atomic E-state index is 0.0484. The third-order valence-electron chi connectivity index (χ3n) is 3.91. The highest BCUT2D eigenvalue weighted by atomic mass is 16.1. The van der Waals surface area contributed by atoms with Gasteiger partial charge in [0.15, 0.2) is 0 Å². The maximum atomic E-state index is 11.9. The maximum Gasteiger partial charge on any atom is 0.221 e. The number of amides is 1. The van der Waals surface area contributed by atoms with Crippen LogP contribution < -0.4 is 5.32 Å². The summed E-state index contributed by atoms with van der Waals surface area (Å²) in [6.07, 6.45) is 8.45. The SMILES string of the molecule is N#C[C@@H](NC(=O)CCc1ccccn1)C1CCCCC1. The molecular weight excluding hydrogens is 250 g/mol. The molecule has 1 saturated carbocycles. The molecule has 0 aromatic carbocycles. The number of hydrogen-bond acceptors (Lipinski definition) is 3. The molecule has 1 aromatic rings. The molecule has 0 saturated heterocycles. The Labute approximate surface area is 120 Å². The van der Waals surface area contributed by atoms with Crippen molar-refractivity contribution in [3.8, 4) is 6.07 Å². The third kappa shape index (κ3) is 4.34. The van der Waals surface area contributed by atoms with E-state index in [4.69, 9.17) is 0 Å². The quantitative estimate of drug-likeness (QED) is 0.895. The molecular formula is C16H21N3O. The molecule has 20 heavy (non-hydrogen) atoms. The number of hydrogen-bond donors (Lipinski definition) is 1. The van der Waals surface area contributed by atoms with Crippen LogP contribution in [0.3, 0.4) is 0 Å². The van der Waals surface area contributed by atoms with Crippen LogP contribution in [0.15, 0.2) is 24.4 Å². The Kier molecular flexibility index (Phi) is 5.55. The van der Waals surface area contributed by atoms with Crippen LogP contribution >= 0.6 is 0 Å². The molecule has 0 radical (unpaired) electrons. The van der Waals surface area contributed by atoms with E-state index in [9.17, 15) is 10.1 Å². The van der Waals surface area contributed by atoms with Crippen molar-refractivity contribution < 1.29 is 4.79 Å². The summed E-state index contributed by atoms with van der Waals surface area (Å²) in [4.78, 5) is 16.1. The summed E-state index contributed by atoms with van der Waals surface area (Å²) >= 11 is 0.